The minimum Gasteiger partial charge on any atom is -0.198 e. The molecule has 1 rings (SSSR count). The monoisotopic (exact) mass is 215 g/mol. The Labute approximate surface area is 99.1 Å². The summed E-state index contributed by atoms with van der Waals surface area (Å²) in [5.41, 5.74) is 1.14. The number of nitrogens with zero attached hydrogens (tertiary/aromatic N) is 1. The predicted octanol–water partition coefficient (Wildman–Crippen LogP) is 4.34. The molecule has 0 spiro atoms. The van der Waals surface area contributed by atoms with Gasteiger partial charge in [-0.2, -0.15) is 5.26 Å². The van der Waals surface area contributed by atoms with Crippen LogP contribution in [0.5, 0.6) is 0 Å². The van der Waals surface area contributed by atoms with Crippen molar-refractivity contribution in [1.82, 2.24) is 0 Å². The van der Waals surface area contributed by atoms with E-state index in [-0.39, 0.29) is 5.41 Å². The van der Waals surface area contributed by atoms with E-state index in [2.05, 4.69) is 44.2 Å². The molecule has 0 N–H and O–H groups in total. The van der Waals surface area contributed by atoms with E-state index in [1.165, 1.54) is 5.56 Å². The van der Waals surface area contributed by atoms with E-state index in [4.69, 9.17) is 0 Å². The number of rotatable bonds is 6. The van der Waals surface area contributed by atoms with Crippen LogP contribution < -0.4 is 0 Å². The summed E-state index contributed by atoms with van der Waals surface area (Å²) in [5.74, 6) is 0. The van der Waals surface area contributed by atoms with E-state index in [0.29, 0.717) is 0 Å². The molecule has 0 aliphatic carbocycles. The van der Waals surface area contributed by atoms with Gasteiger partial charge in [0.25, 0.3) is 0 Å². The Morgan fingerprint density at radius 2 is 1.62 bits per heavy atom. The van der Waals surface area contributed by atoms with Crippen LogP contribution in [0.25, 0.3) is 0 Å². The van der Waals surface area contributed by atoms with Gasteiger partial charge < -0.3 is 0 Å². The van der Waals surface area contributed by atoms with Crippen LogP contribution in [-0.4, -0.2) is 0 Å². The minimum atomic E-state index is -0.148. The van der Waals surface area contributed by atoms with E-state index in [1.807, 2.05) is 6.07 Å². The molecular formula is C15H21N. The van der Waals surface area contributed by atoms with Crippen molar-refractivity contribution in [3.63, 3.8) is 0 Å². The van der Waals surface area contributed by atoms with E-state index in [1.54, 1.807) is 0 Å². The van der Waals surface area contributed by atoms with E-state index in [0.717, 1.165) is 32.1 Å². The van der Waals surface area contributed by atoms with Gasteiger partial charge in [0.15, 0.2) is 0 Å². The fraction of sp³-hybridized carbons (Fsp3) is 0.533. The lowest BCUT2D eigenvalue weighted by Crippen LogP contribution is -2.21. The van der Waals surface area contributed by atoms with E-state index in [9.17, 15) is 5.26 Å². The quantitative estimate of drug-likeness (QED) is 0.692. The summed E-state index contributed by atoms with van der Waals surface area (Å²) >= 11 is 0. The van der Waals surface area contributed by atoms with Crippen LogP contribution in [0.2, 0.25) is 0 Å². The van der Waals surface area contributed by atoms with Crippen molar-refractivity contribution < 1.29 is 0 Å². The van der Waals surface area contributed by atoms with Crippen molar-refractivity contribution in [1.29, 1.82) is 5.26 Å². The predicted molar refractivity (Wildman–Crippen MR) is 68.0 cm³/mol. The standard InChI is InChI=1S/C15H21N/c1-3-10-15(13-16,11-4-2)12-14-8-6-5-7-9-14/h5-9H,3-4,10-12H2,1-2H3. The Morgan fingerprint density at radius 1 is 1.06 bits per heavy atom. The number of hydrogen-bond acceptors (Lipinski definition) is 1. The first kappa shape index (κ1) is 12.8. The lowest BCUT2D eigenvalue weighted by molar-refractivity contribution is 0.325. The highest BCUT2D eigenvalue weighted by Crippen LogP contribution is 2.33. The largest absolute Gasteiger partial charge is 0.198 e. The maximum absolute atomic E-state index is 9.45. The molecule has 0 atom stereocenters. The van der Waals surface area contributed by atoms with Gasteiger partial charge in [0.05, 0.1) is 11.5 Å². The van der Waals surface area contributed by atoms with Gasteiger partial charge in [-0.25, -0.2) is 0 Å². The van der Waals surface area contributed by atoms with Gasteiger partial charge >= 0.3 is 0 Å². The molecule has 1 aromatic carbocycles. The normalized spacial score (nSPS) is 11.1. The van der Waals surface area contributed by atoms with Crippen molar-refractivity contribution in [3.05, 3.63) is 35.9 Å². The molecule has 0 saturated carbocycles. The van der Waals surface area contributed by atoms with Crippen molar-refractivity contribution in [2.45, 2.75) is 46.0 Å². The minimum absolute atomic E-state index is 0.148. The van der Waals surface area contributed by atoms with Crippen molar-refractivity contribution >= 4 is 0 Å². The fourth-order valence-electron chi connectivity index (χ4n) is 2.40. The number of hydrogen-bond donors (Lipinski definition) is 0. The Kier molecular flexibility index (Phi) is 5.05. The molecule has 0 aromatic heterocycles. The van der Waals surface area contributed by atoms with Crippen molar-refractivity contribution in [2.75, 3.05) is 0 Å². The summed E-state index contributed by atoms with van der Waals surface area (Å²) in [6.45, 7) is 4.32. The first-order valence-corrected chi connectivity index (χ1v) is 6.21. The Balaban J connectivity index is 2.82. The Hall–Kier alpha value is -1.29. The van der Waals surface area contributed by atoms with Gasteiger partial charge in [0.1, 0.15) is 0 Å². The molecule has 0 radical (unpaired) electrons. The van der Waals surface area contributed by atoms with Gasteiger partial charge in [-0.3, -0.25) is 0 Å². The molecule has 0 heterocycles. The van der Waals surface area contributed by atoms with Gasteiger partial charge in [-0.15, -0.1) is 0 Å². The second kappa shape index (κ2) is 6.33. The third-order valence-electron chi connectivity index (χ3n) is 3.08. The molecule has 0 amide bonds. The fourth-order valence-corrected chi connectivity index (χ4v) is 2.40. The first-order valence-electron chi connectivity index (χ1n) is 6.21. The molecular weight excluding hydrogens is 194 g/mol. The van der Waals surface area contributed by atoms with Crippen LogP contribution in [0.4, 0.5) is 0 Å². The van der Waals surface area contributed by atoms with E-state index >= 15 is 0 Å². The van der Waals surface area contributed by atoms with Crippen molar-refractivity contribution in [2.24, 2.45) is 5.41 Å². The molecule has 0 fully saturated rings. The maximum Gasteiger partial charge on any atom is 0.0693 e. The molecule has 0 bridgehead atoms. The zero-order valence-corrected chi connectivity index (χ0v) is 10.4. The molecule has 1 heteroatoms. The second-order valence-electron chi connectivity index (χ2n) is 4.55. The molecule has 0 aliphatic rings. The summed E-state index contributed by atoms with van der Waals surface area (Å²) in [5, 5.41) is 9.45. The van der Waals surface area contributed by atoms with Gasteiger partial charge in [-0.05, 0) is 24.8 Å². The Bertz CT molecular complexity index is 328. The number of benzene rings is 1. The Morgan fingerprint density at radius 3 is 2.06 bits per heavy atom. The van der Waals surface area contributed by atoms with Crippen LogP contribution in [0.3, 0.4) is 0 Å². The van der Waals surface area contributed by atoms with Crippen molar-refractivity contribution in [3.8, 4) is 6.07 Å². The maximum atomic E-state index is 9.45. The van der Waals surface area contributed by atoms with Crippen LogP contribution in [0.15, 0.2) is 30.3 Å². The zero-order chi connectivity index (χ0) is 11.9. The molecule has 16 heavy (non-hydrogen) atoms. The van der Waals surface area contributed by atoms with Gasteiger partial charge in [-0.1, -0.05) is 57.0 Å². The molecule has 0 aliphatic heterocycles. The van der Waals surface area contributed by atoms with Gasteiger partial charge in [0.2, 0.25) is 0 Å². The van der Waals surface area contributed by atoms with Crippen LogP contribution >= 0.6 is 0 Å². The highest BCUT2D eigenvalue weighted by Gasteiger charge is 2.28. The SMILES string of the molecule is CCCC(C#N)(CCC)Cc1ccccc1. The summed E-state index contributed by atoms with van der Waals surface area (Å²) in [4.78, 5) is 0. The second-order valence-corrected chi connectivity index (χ2v) is 4.55. The highest BCUT2D eigenvalue weighted by atomic mass is 14.4. The van der Waals surface area contributed by atoms with Gasteiger partial charge in [0, 0.05) is 0 Å². The van der Waals surface area contributed by atoms with Crippen LogP contribution in [0, 0.1) is 16.7 Å². The lowest BCUT2D eigenvalue weighted by Gasteiger charge is -2.25. The van der Waals surface area contributed by atoms with Crippen LogP contribution in [0.1, 0.15) is 45.1 Å². The zero-order valence-electron chi connectivity index (χ0n) is 10.4. The molecule has 86 valence electrons. The lowest BCUT2D eigenvalue weighted by atomic mass is 9.76. The average molecular weight is 215 g/mol. The highest BCUT2D eigenvalue weighted by molar-refractivity contribution is 5.19. The third-order valence-corrected chi connectivity index (χ3v) is 3.08. The molecule has 0 unspecified atom stereocenters. The molecule has 1 nitrogen and oxygen atoms in total. The van der Waals surface area contributed by atoms with E-state index < -0.39 is 0 Å². The smallest absolute Gasteiger partial charge is 0.0693 e. The number of nitriles is 1. The summed E-state index contributed by atoms with van der Waals surface area (Å²) < 4.78 is 0. The summed E-state index contributed by atoms with van der Waals surface area (Å²) in [6.07, 6.45) is 5.07. The first-order chi connectivity index (χ1) is 7.76. The third kappa shape index (κ3) is 3.38. The summed E-state index contributed by atoms with van der Waals surface area (Å²) in [6, 6.07) is 12.9. The average Bonchev–Trinajstić information content (AvgIpc) is 2.31. The molecule has 1 aromatic rings. The topological polar surface area (TPSA) is 23.8 Å². The molecule has 0 saturated heterocycles. The summed E-state index contributed by atoms with van der Waals surface area (Å²) in [7, 11) is 0. The van der Waals surface area contributed by atoms with Crippen LogP contribution in [-0.2, 0) is 6.42 Å².